The van der Waals surface area contributed by atoms with Gasteiger partial charge in [0.05, 0.1) is 10.2 Å². The van der Waals surface area contributed by atoms with Gasteiger partial charge in [0.15, 0.2) is 0 Å². The summed E-state index contributed by atoms with van der Waals surface area (Å²) in [6, 6.07) is 14.2. The van der Waals surface area contributed by atoms with E-state index in [1.165, 1.54) is 10.3 Å². The summed E-state index contributed by atoms with van der Waals surface area (Å²) in [6.45, 7) is 2.60. The molecule has 4 aromatic rings. The SMILES string of the molecule is Cc1ccc2sc(Cn3nnc(-c4ccc(Br)cc4)n3)nc2c1. The summed E-state index contributed by atoms with van der Waals surface area (Å²) in [5.74, 6) is 0.620. The summed E-state index contributed by atoms with van der Waals surface area (Å²) >= 11 is 5.08. The molecule has 0 amide bonds. The van der Waals surface area contributed by atoms with Crippen LogP contribution in [0.25, 0.3) is 21.6 Å². The first-order chi connectivity index (χ1) is 11.2. The molecule has 0 bridgehead atoms. The maximum atomic E-state index is 4.65. The van der Waals surface area contributed by atoms with E-state index < -0.39 is 0 Å². The molecule has 7 heteroatoms. The van der Waals surface area contributed by atoms with E-state index in [1.807, 2.05) is 24.3 Å². The van der Waals surface area contributed by atoms with Gasteiger partial charge in [0.2, 0.25) is 5.82 Å². The molecule has 0 N–H and O–H groups in total. The Hall–Kier alpha value is -2.12. The fourth-order valence-electron chi connectivity index (χ4n) is 2.30. The first-order valence-corrected chi connectivity index (χ1v) is 8.68. The number of nitrogens with zero attached hydrogens (tertiary/aromatic N) is 5. The highest BCUT2D eigenvalue weighted by molar-refractivity contribution is 9.10. The molecule has 0 saturated heterocycles. The highest BCUT2D eigenvalue weighted by Crippen LogP contribution is 2.23. The van der Waals surface area contributed by atoms with E-state index in [9.17, 15) is 0 Å². The molecule has 2 heterocycles. The first kappa shape index (κ1) is 14.5. The highest BCUT2D eigenvalue weighted by atomic mass is 79.9. The Balaban J connectivity index is 1.60. The van der Waals surface area contributed by atoms with Crippen LogP contribution in [-0.4, -0.2) is 25.2 Å². The maximum absolute atomic E-state index is 4.65. The van der Waals surface area contributed by atoms with Crippen molar-refractivity contribution in [2.24, 2.45) is 0 Å². The van der Waals surface area contributed by atoms with Crippen LogP contribution in [0.1, 0.15) is 10.6 Å². The number of hydrogen-bond acceptors (Lipinski definition) is 5. The van der Waals surface area contributed by atoms with Crippen LogP contribution in [0.5, 0.6) is 0 Å². The lowest BCUT2D eigenvalue weighted by Gasteiger charge is -1.95. The van der Waals surface area contributed by atoms with Crippen molar-refractivity contribution in [1.82, 2.24) is 25.2 Å². The van der Waals surface area contributed by atoms with Gasteiger partial charge in [0, 0.05) is 10.0 Å². The third kappa shape index (κ3) is 3.02. The molecule has 0 saturated carbocycles. The first-order valence-electron chi connectivity index (χ1n) is 7.07. The molecule has 4 rings (SSSR count). The fourth-order valence-corrected chi connectivity index (χ4v) is 3.49. The second-order valence-electron chi connectivity index (χ2n) is 5.23. The smallest absolute Gasteiger partial charge is 0.204 e. The Morgan fingerprint density at radius 1 is 1.13 bits per heavy atom. The number of tetrazole rings is 1. The molecule has 5 nitrogen and oxygen atoms in total. The van der Waals surface area contributed by atoms with Gasteiger partial charge in [-0.05, 0) is 54.1 Å². The van der Waals surface area contributed by atoms with Gasteiger partial charge in [-0.15, -0.1) is 21.5 Å². The van der Waals surface area contributed by atoms with Crippen molar-refractivity contribution in [3.05, 3.63) is 57.5 Å². The molecule has 2 aromatic heterocycles. The molecular weight excluding hydrogens is 374 g/mol. The van der Waals surface area contributed by atoms with E-state index >= 15 is 0 Å². The molecule has 0 spiro atoms. The summed E-state index contributed by atoms with van der Waals surface area (Å²) in [5, 5.41) is 13.7. The van der Waals surface area contributed by atoms with Gasteiger partial charge < -0.3 is 0 Å². The molecule has 0 fully saturated rings. The minimum Gasteiger partial charge on any atom is -0.239 e. The van der Waals surface area contributed by atoms with Crippen LogP contribution in [0.15, 0.2) is 46.9 Å². The Morgan fingerprint density at radius 2 is 1.96 bits per heavy atom. The average Bonchev–Trinajstić information content (AvgIpc) is 3.14. The van der Waals surface area contributed by atoms with E-state index in [2.05, 4.69) is 61.4 Å². The van der Waals surface area contributed by atoms with Gasteiger partial charge in [0.1, 0.15) is 11.6 Å². The molecule has 0 unspecified atom stereocenters. The number of fused-ring (bicyclic) bond motifs is 1. The van der Waals surface area contributed by atoms with Crippen LogP contribution in [0, 0.1) is 6.92 Å². The van der Waals surface area contributed by atoms with Gasteiger partial charge in [-0.3, -0.25) is 0 Å². The zero-order chi connectivity index (χ0) is 15.8. The zero-order valence-corrected chi connectivity index (χ0v) is 14.7. The minimum atomic E-state index is 0.530. The number of rotatable bonds is 3. The molecule has 0 aliphatic carbocycles. The average molecular weight is 386 g/mol. The third-order valence-corrected chi connectivity index (χ3v) is 4.97. The van der Waals surface area contributed by atoms with Gasteiger partial charge in [-0.1, -0.05) is 22.0 Å². The summed E-state index contributed by atoms with van der Waals surface area (Å²) in [6.07, 6.45) is 0. The van der Waals surface area contributed by atoms with Gasteiger partial charge in [0.25, 0.3) is 0 Å². The largest absolute Gasteiger partial charge is 0.239 e. The zero-order valence-electron chi connectivity index (χ0n) is 12.3. The van der Waals surface area contributed by atoms with Gasteiger partial charge in [-0.25, -0.2) is 4.98 Å². The molecule has 23 heavy (non-hydrogen) atoms. The molecule has 0 aliphatic heterocycles. The van der Waals surface area contributed by atoms with Crippen molar-refractivity contribution < 1.29 is 0 Å². The monoisotopic (exact) mass is 385 g/mol. The number of hydrogen-bond donors (Lipinski definition) is 0. The lowest BCUT2D eigenvalue weighted by atomic mass is 10.2. The van der Waals surface area contributed by atoms with E-state index in [0.29, 0.717) is 12.4 Å². The fraction of sp³-hybridized carbons (Fsp3) is 0.125. The number of aromatic nitrogens is 5. The molecule has 0 aliphatic rings. The van der Waals surface area contributed by atoms with Crippen molar-refractivity contribution in [1.29, 1.82) is 0 Å². The second-order valence-corrected chi connectivity index (χ2v) is 7.26. The summed E-state index contributed by atoms with van der Waals surface area (Å²) in [4.78, 5) is 6.23. The van der Waals surface area contributed by atoms with Crippen molar-refractivity contribution in [3.63, 3.8) is 0 Å². The van der Waals surface area contributed by atoms with Crippen molar-refractivity contribution >= 4 is 37.5 Å². The Bertz CT molecular complexity index is 974. The lowest BCUT2D eigenvalue weighted by molar-refractivity contribution is 0.571. The Labute approximate surface area is 145 Å². The van der Waals surface area contributed by atoms with Crippen LogP contribution in [0.4, 0.5) is 0 Å². The minimum absolute atomic E-state index is 0.530. The Morgan fingerprint density at radius 3 is 2.78 bits per heavy atom. The quantitative estimate of drug-likeness (QED) is 0.533. The van der Waals surface area contributed by atoms with Crippen LogP contribution < -0.4 is 0 Å². The van der Waals surface area contributed by atoms with Gasteiger partial charge >= 0.3 is 0 Å². The van der Waals surface area contributed by atoms with E-state index in [0.717, 1.165) is 20.6 Å². The summed E-state index contributed by atoms with van der Waals surface area (Å²) in [5.41, 5.74) is 3.18. The number of halogens is 1. The topological polar surface area (TPSA) is 56.5 Å². The maximum Gasteiger partial charge on any atom is 0.204 e. The number of benzene rings is 2. The van der Waals surface area contributed by atoms with Crippen molar-refractivity contribution in [2.75, 3.05) is 0 Å². The van der Waals surface area contributed by atoms with Crippen LogP contribution in [0.2, 0.25) is 0 Å². The van der Waals surface area contributed by atoms with Crippen molar-refractivity contribution in [3.8, 4) is 11.4 Å². The van der Waals surface area contributed by atoms with E-state index in [1.54, 1.807) is 16.1 Å². The molecule has 0 radical (unpaired) electrons. The molecule has 2 aromatic carbocycles. The van der Waals surface area contributed by atoms with Crippen LogP contribution in [0.3, 0.4) is 0 Å². The lowest BCUT2D eigenvalue weighted by Crippen LogP contribution is -2.03. The summed E-state index contributed by atoms with van der Waals surface area (Å²) < 4.78 is 2.21. The highest BCUT2D eigenvalue weighted by Gasteiger charge is 2.09. The van der Waals surface area contributed by atoms with E-state index in [-0.39, 0.29) is 0 Å². The predicted molar refractivity (Wildman–Crippen MR) is 94.4 cm³/mol. The molecule has 114 valence electrons. The molecular formula is C16H12BrN5S. The van der Waals surface area contributed by atoms with Crippen LogP contribution >= 0.6 is 27.3 Å². The predicted octanol–water partition coefficient (Wildman–Crippen LogP) is 4.07. The van der Waals surface area contributed by atoms with E-state index in [4.69, 9.17) is 0 Å². The third-order valence-electron chi connectivity index (χ3n) is 3.42. The number of aryl methyl sites for hydroxylation is 1. The second kappa shape index (κ2) is 5.82. The standard InChI is InChI=1S/C16H12BrN5S/c1-10-2-7-14-13(8-10)18-15(23-14)9-22-20-16(19-21-22)11-3-5-12(17)6-4-11/h2-8H,9H2,1H3. The Kier molecular flexibility index (Phi) is 3.66. The number of thiazole rings is 1. The van der Waals surface area contributed by atoms with Crippen LogP contribution in [-0.2, 0) is 6.54 Å². The van der Waals surface area contributed by atoms with Crippen molar-refractivity contribution in [2.45, 2.75) is 13.5 Å². The molecule has 0 atom stereocenters. The van der Waals surface area contributed by atoms with Gasteiger partial charge in [-0.2, -0.15) is 4.80 Å². The normalized spacial score (nSPS) is 11.2. The summed E-state index contributed by atoms with van der Waals surface area (Å²) in [7, 11) is 0.